The fourth-order valence-electron chi connectivity index (χ4n) is 2.59. The normalized spacial score (nSPS) is 10.9. The molecule has 5 heteroatoms. The van der Waals surface area contributed by atoms with Gasteiger partial charge in [0.1, 0.15) is 10.6 Å². The molecular formula is C17H16N2O2S. The molecule has 1 amide bonds. The van der Waals surface area contributed by atoms with Gasteiger partial charge >= 0.3 is 0 Å². The number of carbonyl (C=O) groups excluding carboxylic acids is 1. The van der Waals surface area contributed by atoms with Crippen LogP contribution in [0.5, 0.6) is 5.75 Å². The van der Waals surface area contributed by atoms with Crippen molar-refractivity contribution in [1.29, 1.82) is 0 Å². The summed E-state index contributed by atoms with van der Waals surface area (Å²) in [5.41, 5.74) is 3.40. The van der Waals surface area contributed by atoms with Crippen LogP contribution in [-0.2, 0) is 0 Å². The number of aryl methyl sites for hydroxylation is 3. The van der Waals surface area contributed by atoms with Crippen LogP contribution >= 0.6 is 11.3 Å². The number of nitrogens with zero attached hydrogens (tertiary/aromatic N) is 1. The van der Waals surface area contributed by atoms with Crippen LogP contribution in [0.25, 0.3) is 10.2 Å². The topological polar surface area (TPSA) is 62.2 Å². The van der Waals surface area contributed by atoms with E-state index in [2.05, 4.69) is 10.3 Å². The molecule has 4 nitrogen and oxygen atoms in total. The van der Waals surface area contributed by atoms with Gasteiger partial charge in [-0.2, -0.15) is 0 Å². The van der Waals surface area contributed by atoms with Crippen LogP contribution in [0.2, 0.25) is 0 Å². The molecule has 2 aromatic heterocycles. The van der Waals surface area contributed by atoms with Crippen molar-refractivity contribution in [2.24, 2.45) is 0 Å². The second kappa shape index (κ2) is 5.42. The van der Waals surface area contributed by atoms with E-state index in [4.69, 9.17) is 0 Å². The highest BCUT2D eigenvalue weighted by Crippen LogP contribution is 2.33. The number of amides is 1. The fraction of sp³-hybridized carbons (Fsp3) is 0.176. The van der Waals surface area contributed by atoms with Crippen molar-refractivity contribution in [3.8, 4) is 5.75 Å². The molecule has 0 bridgehead atoms. The third kappa shape index (κ3) is 2.44. The van der Waals surface area contributed by atoms with Gasteiger partial charge in [0.2, 0.25) is 0 Å². The minimum absolute atomic E-state index is 0.0553. The van der Waals surface area contributed by atoms with Crippen LogP contribution in [-0.4, -0.2) is 16.0 Å². The summed E-state index contributed by atoms with van der Waals surface area (Å²) in [5.74, 6) is -0.168. The number of benzene rings is 1. The lowest BCUT2D eigenvalue weighted by Gasteiger charge is -2.06. The van der Waals surface area contributed by atoms with E-state index in [1.54, 1.807) is 24.3 Å². The Morgan fingerprint density at radius 3 is 2.68 bits per heavy atom. The molecule has 22 heavy (non-hydrogen) atoms. The molecular weight excluding hydrogens is 296 g/mol. The number of pyridine rings is 1. The zero-order chi connectivity index (χ0) is 15.9. The number of rotatable bonds is 2. The lowest BCUT2D eigenvalue weighted by Crippen LogP contribution is -2.11. The average Bonchev–Trinajstić information content (AvgIpc) is 2.78. The SMILES string of the molecule is Cc1cc(C)c2c(C)c(C(=O)Nc3ccccc3O)sc2n1. The third-order valence-corrected chi connectivity index (χ3v) is 4.77. The van der Waals surface area contributed by atoms with E-state index >= 15 is 0 Å². The van der Waals surface area contributed by atoms with Crippen LogP contribution in [0, 0.1) is 20.8 Å². The zero-order valence-corrected chi connectivity index (χ0v) is 13.4. The number of carbonyl (C=O) groups is 1. The van der Waals surface area contributed by atoms with Crippen molar-refractivity contribution in [2.75, 3.05) is 5.32 Å². The maximum Gasteiger partial charge on any atom is 0.266 e. The van der Waals surface area contributed by atoms with E-state index in [1.807, 2.05) is 26.8 Å². The maximum absolute atomic E-state index is 12.5. The number of phenolic OH excluding ortho intramolecular Hbond substituents is 1. The number of hydrogen-bond acceptors (Lipinski definition) is 4. The van der Waals surface area contributed by atoms with Gasteiger partial charge in [-0.3, -0.25) is 4.79 Å². The van der Waals surface area contributed by atoms with Crippen molar-refractivity contribution in [2.45, 2.75) is 20.8 Å². The molecule has 0 aliphatic heterocycles. The zero-order valence-electron chi connectivity index (χ0n) is 12.6. The first-order valence-electron chi connectivity index (χ1n) is 6.94. The summed E-state index contributed by atoms with van der Waals surface area (Å²) in [5, 5.41) is 13.6. The van der Waals surface area contributed by atoms with Gasteiger partial charge in [0.05, 0.1) is 10.6 Å². The highest BCUT2D eigenvalue weighted by Gasteiger charge is 2.18. The minimum atomic E-state index is -0.223. The maximum atomic E-state index is 12.5. The predicted octanol–water partition coefficient (Wildman–Crippen LogP) is 4.18. The monoisotopic (exact) mass is 312 g/mol. The van der Waals surface area contributed by atoms with E-state index in [1.165, 1.54) is 11.3 Å². The Hall–Kier alpha value is -2.40. The van der Waals surface area contributed by atoms with Crippen LogP contribution < -0.4 is 5.32 Å². The van der Waals surface area contributed by atoms with Gasteiger partial charge in [-0.15, -0.1) is 11.3 Å². The Bertz CT molecular complexity index is 884. The van der Waals surface area contributed by atoms with Crippen molar-refractivity contribution in [3.63, 3.8) is 0 Å². The number of aromatic nitrogens is 1. The van der Waals surface area contributed by atoms with Crippen LogP contribution in [0.3, 0.4) is 0 Å². The molecule has 0 saturated carbocycles. The standard InChI is InChI=1S/C17H16N2O2S/c1-9-8-10(2)18-17-14(9)11(3)15(22-17)16(21)19-12-6-4-5-7-13(12)20/h4-8,20H,1-3H3,(H,19,21). The van der Waals surface area contributed by atoms with Gasteiger partial charge in [-0.1, -0.05) is 12.1 Å². The van der Waals surface area contributed by atoms with E-state index in [9.17, 15) is 9.90 Å². The second-order valence-electron chi connectivity index (χ2n) is 5.29. The Kier molecular flexibility index (Phi) is 3.58. The van der Waals surface area contributed by atoms with Crippen LogP contribution in [0.15, 0.2) is 30.3 Å². The first-order valence-corrected chi connectivity index (χ1v) is 7.75. The number of nitrogens with one attached hydrogen (secondary N) is 1. The number of para-hydroxylation sites is 2. The van der Waals surface area contributed by atoms with Gasteiger partial charge in [-0.05, 0) is 50.1 Å². The minimum Gasteiger partial charge on any atom is -0.506 e. The molecule has 0 fully saturated rings. The van der Waals surface area contributed by atoms with Crippen LogP contribution in [0.1, 0.15) is 26.5 Å². The largest absolute Gasteiger partial charge is 0.506 e. The predicted molar refractivity (Wildman–Crippen MR) is 89.9 cm³/mol. The van der Waals surface area contributed by atoms with Crippen molar-refractivity contribution in [3.05, 3.63) is 52.0 Å². The Morgan fingerprint density at radius 2 is 1.95 bits per heavy atom. The van der Waals surface area contributed by atoms with Gasteiger partial charge < -0.3 is 10.4 Å². The third-order valence-electron chi connectivity index (χ3n) is 3.58. The van der Waals surface area contributed by atoms with Crippen LogP contribution in [0.4, 0.5) is 5.69 Å². The second-order valence-corrected chi connectivity index (χ2v) is 6.29. The number of aromatic hydroxyl groups is 1. The number of hydrogen-bond donors (Lipinski definition) is 2. The summed E-state index contributed by atoms with van der Waals surface area (Å²) in [4.78, 5) is 18.5. The molecule has 0 unspecified atom stereocenters. The number of thiophene rings is 1. The van der Waals surface area contributed by atoms with E-state index < -0.39 is 0 Å². The molecule has 1 aromatic carbocycles. The molecule has 3 rings (SSSR count). The Labute approximate surface area is 132 Å². The lowest BCUT2D eigenvalue weighted by molar-refractivity contribution is 0.102. The summed E-state index contributed by atoms with van der Waals surface area (Å²) in [7, 11) is 0. The van der Waals surface area contributed by atoms with E-state index in [0.29, 0.717) is 10.6 Å². The molecule has 0 radical (unpaired) electrons. The number of fused-ring (bicyclic) bond motifs is 1. The molecule has 2 heterocycles. The van der Waals surface area contributed by atoms with Gasteiger partial charge in [-0.25, -0.2) is 4.98 Å². The van der Waals surface area contributed by atoms with E-state index in [0.717, 1.165) is 27.0 Å². The average molecular weight is 312 g/mol. The number of phenols is 1. The fourth-order valence-corrected chi connectivity index (χ4v) is 3.79. The first-order chi connectivity index (χ1) is 10.5. The quantitative estimate of drug-likeness (QED) is 0.698. The van der Waals surface area contributed by atoms with Gasteiger partial charge in [0, 0.05) is 11.1 Å². The van der Waals surface area contributed by atoms with Crippen molar-refractivity contribution in [1.82, 2.24) is 4.98 Å². The highest BCUT2D eigenvalue weighted by atomic mass is 32.1. The molecule has 0 aliphatic carbocycles. The van der Waals surface area contributed by atoms with Gasteiger partial charge in [0.15, 0.2) is 0 Å². The molecule has 0 aliphatic rings. The lowest BCUT2D eigenvalue weighted by atomic mass is 10.1. The molecule has 0 spiro atoms. The Morgan fingerprint density at radius 1 is 1.23 bits per heavy atom. The summed E-state index contributed by atoms with van der Waals surface area (Å²) in [6, 6.07) is 8.71. The smallest absolute Gasteiger partial charge is 0.266 e. The highest BCUT2D eigenvalue weighted by molar-refractivity contribution is 7.20. The Balaban J connectivity index is 2.03. The number of anilines is 1. The molecule has 3 aromatic rings. The summed E-state index contributed by atoms with van der Waals surface area (Å²) >= 11 is 1.38. The van der Waals surface area contributed by atoms with Gasteiger partial charge in [0.25, 0.3) is 5.91 Å². The summed E-state index contributed by atoms with van der Waals surface area (Å²) < 4.78 is 0. The molecule has 0 atom stereocenters. The molecule has 112 valence electrons. The first kappa shape index (κ1) is 14.5. The van der Waals surface area contributed by atoms with Crippen molar-refractivity contribution >= 4 is 33.1 Å². The molecule has 2 N–H and O–H groups in total. The summed E-state index contributed by atoms with van der Waals surface area (Å²) in [6.45, 7) is 5.91. The van der Waals surface area contributed by atoms with Crippen molar-refractivity contribution < 1.29 is 9.90 Å². The summed E-state index contributed by atoms with van der Waals surface area (Å²) in [6.07, 6.45) is 0. The molecule has 0 saturated heterocycles. The van der Waals surface area contributed by atoms with E-state index in [-0.39, 0.29) is 11.7 Å².